The maximum Gasteiger partial charge on any atom is 0.249 e. The highest BCUT2D eigenvalue weighted by atomic mass is 35.5. The van der Waals surface area contributed by atoms with Gasteiger partial charge < -0.3 is 19.7 Å². The van der Waals surface area contributed by atoms with Crippen molar-refractivity contribution in [3.8, 4) is 5.75 Å². The maximum atomic E-state index is 12.3. The number of hydrogen-bond donors (Lipinski definition) is 1. The maximum absolute atomic E-state index is 12.3. The summed E-state index contributed by atoms with van der Waals surface area (Å²) in [6, 6.07) is 5.69. The second-order valence-electron chi connectivity index (χ2n) is 6.95. The van der Waals surface area contributed by atoms with E-state index >= 15 is 0 Å². The average molecular weight is 369 g/mol. The summed E-state index contributed by atoms with van der Waals surface area (Å²) in [5.74, 6) is 1.32. The van der Waals surface area contributed by atoms with Gasteiger partial charge in [0.1, 0.15) is 11.9 Å². The van der Waals surface area contributed by atoms with Gasteiger partial charge in [-0.3, -0.25) is 4.79 Å². The molecule has 1 amide bonds. The second kappa shape index (κ2) is 9.30. The molecule has 5 nitrogen and oxygen atoms in total. The SMILES string of the molecule is COc1ccc(Cl)cc1N1CCC(NC(=O)C(C)OCCC(C)C)C1. The van der Waals surface area contributed by atoms with E-state index in [0.717, 1.165) is 37.4 Å². The van der Waals surface area contributed by atoms with Crippen LogP contribution in [0.15, 0.2) is 18.2 Å². The third-order valence-corrected chi connectivity index (χ3v) is 4.68. The van der Waals surface area contributed by atoms with Gasteiger partial charge >= 0.3 is 0 Å². The zero-order chi connectivity index (χ0) is 18.4. The fourth-order valence-electron chi connectivity index (χ4n) is 2.88. The van der Waals surface area contributed by atoms with E-state index in [1.165, 1.54) is 0 Å². The fraction of sp³-hybridized carbons (Fsp3) is 0.632. The van der Waals surface area contributed by atoms with E-state index in [-0.39, 0.29) is 11.9 Å². The van der Waals surface area contributed by atoms with Crippen LogP contribution in [0.5, 0.6) is 5.75 Å². The van der Waals surface area contributed by atoms with Gasteiger partial charge in [0.05, 0.1) is 12.8 Å². The number of amides is 1. The van der Waals surface area contributed by atoms with Crippen LogP contribution in [0.4, 0.5) is 5.69 Å². The third kappa shape index (κ3) is 5.79. The minimum atomic E-state index is -0.423. The lowest BCUT2D eigenvalue weighted by Gasteiger charge is -2.22. The van der Waals surface area contributed by atoms with Crippen molar-refractivity contribution in [1.82, 2.24) is 5.32 Å². The van der Waals surface area contributed by atoms with Crippen molar-refractivity contribution in [3.05, 3.63) is 23.2 Å². The first kappa shape index (κ1) is 19.9. The molecule has 1 saturated heterocycles. The van der Waals surface area contributed by atoms with Crippen LogP contribution < -0.4 is 15.0 Å². The minimum Gasteiger partial charge on any atom is -0.495 e. The monoisotopic (exact) mass is 368 g/mol. The van der Waals surface area contributed by atoms with Crippen LogP contribution >= 0.6 is 11.6 Å². The van der Waals surface area contributed by atoms with Crippen molar-refractivity contribution >= 4 is 23.2 Å². The Morgan fingerprint density at radius 2 is 2.16 bits per heavy atom. The molecule has 1 aromatic carbocycles. The van der Waals surface area contributed by atoms with E-state index in [0.29, 0.717) is 17.5 Å². The molecule has 1 aliphatic rings. The molecule has 1 aliphatic heterocycles. The predicted molar refractivity (Wildman–Crippen MR) is 102 cm³/mol. The van der Waals surface area contributed by atoms with Gasteiger partial charge in [-0.15, -0.1) is 0 Å². The van der Waals surface area contributed by atoms with Gasteiger partial charge in [-0.05, 0) is 43.9 Å². The number of rotatable bonds is 8. The van der Waals surface area contributed by atoms with E-state index in [4.69, 9.17) is 21.1 Å². The Morgan fingerprint density at radius 1 is 1.40 bits per heavy atom. The number of methoxy groups -OCH3 is 1. The van der Waals surface area contributed by atoms with Gasteiger partial charge in [-0.25, -0.2) is 0 Å². The molecule has 0 radical (unpaired) electrons. The molecule has 0 aliphatic carbocycles. The Bertz CT molecular complexity index is 580. The van der Waals surface area contributed by atoms with Crippen LogP contribution in [0.25, 0.3) is 0 Å². The lowest BCUT2D eigenvalue weighted by molar-refractivity contribution is -0.132. The summed E-state index contributed by atoms with van der Waals surface area (Å²) in [5.41, 5.74) is 0.966. The zero-order valence-corrected chi connectivity index (χ0v) is 16.3. The van der Waals surface area contributed by atoms with Crippen molar-refractivity contribution in [2.24, 2.45) is 5.92 Å². The van der Waals surface area contributed by atoms with E-state index < -0.39 is 6.10 Å². The quantitative estimate of drug-likeness (QED) is 0.763. The highest BCUT2D eigenvalue weighted by molar-refractivity contribution is 6.30. The molecule has 25 heavy (non-hydrogen) atoms. The first-order valence-electron chi connectivity index (χ1n) is 8.91. The van der Waals surface area contributed by atoms with E-state index in [2.05, 4.69) is 24.1 Å². The number of nitrogens with one attached hydrogen (secondary N) is 1. The highest BCUT2D eigenvalue weighted by Gasteiger charge is 2.27. The smallest absolute Gasteiger partial charge is 0.249 e. The molecule has 2 atom stereocenters. The normalized spacial score (nSPS) is 18.5. The summed E-state index contributed by atoms with van der Waals surface area (Å²) in [4.78, 5) is 14.5. The van der Waals surface area contributed by atoms with Gasteiger partial charge in [0.15, 0.2) is 0 Å². The number of benzene rings is 1. The predicted octanol–water partition coefficient (Wildman–Crippen LogP) is 3.49. The van der Waals surface area contributed by atoms with Crippen LogP contribution in [-0.2, 0) is 9.53 Å². The zero-order valence-electron chi connectivity index (χ0n) is 15.5. The number of nitrogens with zero attached hydrogens (tertiary/aromatic N) is 1. The molecule has 0 aromatic heterocycles. The molecule has 1 fully saturated rings. The largest absolute Gasteiger partial charge is 0.495 e. The lowest BCUT2D eigenvalue weighted by Crippen LogP contribution is -2.42. The standard InChI is InChI=1S/C19H29ClN2O3/c1-13(2)8-10-25-14(3)19(23)21-16-7-9-22(12-16)17-11-15(20)5-6-18(17)24-4/h5-6,11,13-14,16H,7-10,12H2,1-4H3,(H,21,23). The fourth-order valence-corrected chi connectivity index (χ4v) is 3.05. The topological polar surface area (TPSA) is 50.8 Å². The molecule has 1 N–H and O–H groups in total. The Hall–Kier alpha value is -1.46. The van der Waals surface area contributed by atoms with Crippen LogP contribution in [0.3, 0.4) is 0 Å². The van der Waals surface area contributed by atoms with Gasteiger partial charge in [0, 0.05) is 30.8 Å². The van der Waals surface area contributed by atoms with Crippen LogP contribution in [0.2, 0.25) is 5.02 Å². The summed E-state index contributed by atoms with van der Waals surface area (Å²) < 4.78 is 11.0. The molecule has 140 valence electrons. The van der Waals surface area contributed by atoms with Crippen molar-refractivity contribution in [3.63, 3.8) is 0 Å². The molecule has 1 heterocycles. The molecule has 0 spiro atoms. The molecule has 0 saturated carbocycles. The summed E-state index contributed by atoms with van der Waals surface area (Å²) in [6.45, 7) is 8.30. The number of hydrogen-bond acceptors (Lipinski definition) is 4. The summed E-state index contributed by atoms with van der Waals surface area (Å²) >= 11 is 6.12. The van der Waals surface area contributed by atoms with Crippen molar-refractivity contribution in [2.45, 2.75) is 45.8 Å². The Morgan fingerprint density at radius 3 is 2.84 bits per heavy atom. The number of carbonyl (C=O) groups is 1. The Kier molecular flexibility index (Phi) is 7.38. The number of anilines is 1. The van der Waals surface area contributed by atoms with Gasteiger partial charge in [-0.1, -0.05) is 25.4 Å². The first-order chi connectivity index (χ1) is 11.9. The molecule has 0 bridgehead atoms. The Labute approximate surface area is 155 Å². The van der Waals surface area contributed by atoms with Gasteiger partial charge in [0.2, 0.25) is 5.91 Å². The number of carbonyl (C=O) groups excluding carboxylic acids is 1. The molecule has 1 aromatic rings. The molecular formula is C19H29ClN2O3. The summed E-state index contributed by atoms with van der Waals surface area (Å²) in [5, 5.41) is 3.77. The van der Waals surface area contributed by atoms with Crippen LogP contribution in [0.1, 0.15) is 33.6 Å². The first-order valence-corrected chi connectivity index (χ1v) is 9.29. The third-order valence-electron chi connectivity index (χ3n) is 4.45. The van der Waals surface area contributed by atoms with E-state index in [1.807, 2.05) is 25.1 Å². The molecule has 2 rings (SSSR count). The van der Waals surface area contributed by atoms with E-state index in [1.54, 1.807) is 7.11 Å². The molecular weight excluding hydrogens is 340 g/mol. The van der Waals surface area contributed by atoms with Gasteiger partial charge in [-0.2, -0.15) is 0 Å². The highest BCUT2D eigenvalue weighted by Crippen LogP contribution is 2.33. The summed E-state index contributed by atoms with van der Waals surface area (Å²) in [6.07, 6.45) is 1.43. The van der Waals surface area contributed by atoms with Crippen molar-refractivity contribution in [1.29, 1.82) is 0 Å². The van der Waals surface area contributed by atoms with E-state index in [9.17, 15) is 4.79 Å². The Balaban J connectivity index is 1.86. The summed E-state index contributed by atoms with van der Waals surface area (Å²) in [7, 11) is 1.65. The second-order valence-corrected chi connectivity index (χ2v) is 7.39. The van der Waals surface area contributed by atoms with Gasteiger partial charge in [0.25, 0.3) is 0 Å². The number of halogens is 1. The van der Waals surface area contributed by atoms with Crippen LogP contribution in [0, 0.1) is 5.92 Å². The minimum absolute atomic E-state index is 0.0475. The van der Waals surface area contributed by atoms with Crippen LogP contribution in [-0.4, -0.2) is 44.9 Å². The van der Waals surface area contributed by atoms with Crippen molar-refractivity contribution < 1.29 is 14.3 Å². The van der Waals surface area contributed by atoms with Crippen molar-refractivity contribution in [2.75, 3.05) is 31.7 Å². The lowest BCUT2D eigenvalue weighted by atomic mass is 10.1. The number of ether oxygens (including phenoxy) is 2. The molecule has 6 heteroatoms. The average Bonchev–Trinajstić information content (AvgIpc) is 3.02. The molecule has 2 unspecified atom stereocenters.